The molecule has 9 nitrogen and oxygen atoms in total. The van der Waals surface area contributed by atoms with Crippen LogP contribution in [0.1, 0.15) is 19.3 Å². The van der Waals surface area contributed by atoms with Gasteiger partial charge in [0.25, 0.3) is 0 Å². The zero-order chi connectivity index (χ0) is 21.4. The van der Waals surface area contributed by atoms with Crippen LogP contribution < -0.4 is 10.5 Å². The van der Waals surface area contributed by atoms with Gasteiger partial charge < -0.3 is 5.32 Å². The minimum absolute atomic E-state index is 0.115. The third kappa shape index (κ3) is 4.36. The molecule has 5 rings (SSSR count). The maximum atomic E-state index is 11.0. The van der Waals surface area contributed by atoms with E-state index in [4.69, 9.17) is 14.4 Å². The lowest BCUT2D eigenvalue weighted by Gasteiger charge is -2.15. The van der Waals surface area contributed by atoms with Crippen LogP contribution in [0.25, 0.3) is 27.8 Å². The van der Waals surface area contributed by atoms with Crippen molar-refractivity contribution in [1.29, 1.82) is 0 Å². The highest BCUT2D eigenvalue weighted by Gasteiger charge is 2.26. The van der Waals surface area contributed by atoms with Gasteiger partial charge in [0, 0.05) is 35.5 Å². The average Bonchev–Trinajstić information content (AvgIpc) is 3.39. The Morgan fingerprint density at radius 1 is 1.16 bits per heavy atom. The van der Waals surface area contributed by atoms with Crippen molar-refractivity contribution >= 4 is 32.7 Å². The monoisotopic (exact) mass is 438 g/mol. The van der Waals surface area contributed by atoms with Crippen molar-refractivity contribution in [1.82, 2.24) is 19.6 Å². The maximum Gasteiger partial charge on any atom is 0.333 e. The van der Waals surface area contributed by atoms with E-state index in [-0.39, 0.29) is 18.6 Å². The van der Waals surface area contributed by atoms with E-state index in [1.54, 1.807) is 10.7 Å². The van der Waals surface area contributed by atoms with Crippen LogP contribution in [0.4, 0.5) is 5.82 Å². The molecule has 31 heavy (non-hydrogen) atoms. The molecule has 0 radical (unpaired) electrons. The second kappa shape index (κ2) is 7.88. The summed E-state index contributed by atoms with van der Waals surface area (Å²) in [6, 6.07) is 14.1. The number of pyridine rings is 1. The van der Waals surface area contributed by atoms with Gasteiger partial charge in [-0.3, -0.25) is 9.17 Å². The Bertz CT molecular complexity index is 1350. The van der Waals surface area contributed by atoms with Crippen molar-refractivity contribution in [3.05, 3.63) is 54.9 Å². The van der Waals surface area contributed by atoms with Crippen molar-refractivity contribution in [2.45, 2.75) is 25.3 Å². The topological polar surface area (TPSA) is 124 Å². The van der Waals surface area contributed by atoms with Gasteiger partial charge in [-0.05, 0) is 43.4 Å². The third-order valence-electron chi connectivity index (χ3n) is 5.61. The predicted molar refractivity (Wildman–Crippen MR) is 118 cm³/mol. The van der Waals surface area contributed by atoms with Gasteiger partial charge in [-0.25, -0.2) is 10.1 Å². The minimum Gasteiger partial charge on any atom is -0.367 e. The zero-order valence-electron chi connectivity index (χ0n) is 16.7. The number of anilines is 1. The fourth-order valence-corrected chi connectivity index (χ4v) is 4.50. The molecule has 4 aromatic rings. The molecule has 0 bridgehead atoms. The van der Waals surface area contributed by atoms with Crippen LogP contribution >= 0.6 is 0 Å². The van der Waals surface area contributed by atoms with Gasteiger partial charge in [0.05, 0.1) is 17.8 Å². The molecular weight excluding hydrogens is 416 g/mol. The average molecular weight is 439 g/mol. The molecule has 1 aromatic carbocycles. The lowest BCUT2D eigenvalue weighted by Crippen LogP contribution is -2.21. The molecule has 1 aliphatic carbocycles. The molecule has 3 N–H and O–H groups in total. The van der Waals surface area contributed by atoms with E-state index in [9.17, 15) is 8.42 Å². The van der Waals surface area contributed by atoms with Gasteiger partial charge in [-0.15, -0.1) is 0 Å². The number of nitrogens with zero attached hydrogens (tertiary/aromatic N) is 4. The molecule has 2 atom stereocenters. The second-order valence-electron chi connectivity index (χ2n) is 7.84. The van der Waals surface area contributed by atoms with Crippen molar-refractivity contribution in [2.75, 3.05) is 11.9 Å². The molecule has 3 aromatic heterocycles. The van der Waals surface area contributed by atoms with Gasteiger partial charge in [0.15, 0.2) is 5.65 Å². The van der Waals surface area contributed by atoms with Crippen molar-refractivity contribution in [3.8, 4) is 11.3 Å². The standard InChI is InChI=1S/C21H22N6O3S/c22-31(28,29)30-13-14-5-6-17(9-14)25-20-7-8-23-21-11-19(26-27(20)21)16-10-15-3-1-2-4-18(15)24-12-16/h1-4,7-8,10-12,14,17,25H,5-6,9,13H2,(H2,22,28,29). The first kappa shape index (κ1) is 19.9. The molecule has 0 saturated heterocycles. The molecule has 1 aliphatic rings. The Balaban J connectivity index is 1.36. The summed E-state index contributed by atoms with van der Waals surface area (Å²) in [6.07, 6.45) is 6.14. The number of hydrogen-bond acceptors (Lipinski definition) is 7. The van der Waals surface area contributed by atoms with Crippen molar-refractivity contribution in [2.24, 2.45) is 11.1 Å². The Morgan fingerprint density at radius 2 is 2.03 bits per heavy atom. The number of para-hydroxylation sites is 1. The van der Waals surface area contributed by atoms with Gasteiger partial charge in [0.2, 0.25) is 0 Å². The maximum absolute atomic E-state index is 11.0. The predicted octanol–water partition coefficient (Wildman–Crippen LogP) is 2.75. The molecule has 10 heteroatoms. The summed E-state index contributed by atoms with van der Waals surface area (Å²) in [5.74, 6) is 0.980. The molecule has 1 saturated carbocycles. The Labute approximate surface area is 179 Å². The first-order chi connectivity index (χ1) is 14.9. The highest BCUT2D eigenvalue weighted by Crippen LogP contribution is 2.29. The van der Waals surface area contributed by atoms with E-state index in [0.29, 0.717) is 0 Å². The summed E-state index contributed by atoms with van der Waals surface area (Å²) in [4.78, 5) is 8.96. The molecule has 2 unspecified atom stereocenters. The van der Waals surface area contributed by atoms with E-state index < -0.39 is 10.3 Å². The smallest absolute Gasteiger partial charge is 0.333 e. The van der Waals surface area contributed by atoms with E-state index in [0.717, 1.165) is 52.9 Å². The number of nitrogens with one attached hydrogen (secondary N) is 1. The quantitative estimate of drug-likeness (QED) is 0.474. The Morgan fingerprint density at radius 3 is 2.90 bits per heavy atom. The molecular formula is C21H22N6O3S. The van der Waals surface area contributed by atoms with Gasteiger partial charge in [-0.1, -0.05) is 18.2 Å². The van der Waals surface area contributed by atoms with Crippen molar-refractivity contribution < 1.29 is 12.6 Å². The fraction of sp³-hybridized carbons (Fsp3) is 0.286. The van der Waals surface area contributed by atoms with Crippen LogP contribution in [0.3, 0.4) is 0 Å². The molecule has 0 spiro atoms. The van der Waals surface area contributed by atoms with Crippen LogP contribution in [0, 0.1) is 5.92 Å². The molecule has 1 fully saturated rings. The number of fused-ring (bicyclic) bond motifs is 2. The first-order valence-electron chi connectivity index (χ1n) is 10.1. The molecule has 0 amide bonds. The normalized spacial score (nSPS) is 19.3. The summed E-state index contributed by atoms with van der Waals surface area (Å²) in [7, 11) is -3.90. The summed E-state index contributed by atoms with van der Waals surface area (Å²) in [5.41, 5.74) is 3.40. The number of aromatic nitrogens is 4. The Hall–Kier alpha value is -3.08. The lowest BCUT2D eigenvalue weighted by molar-refractivity contribution is 0.256. The molecule has 160 valence electrons. The second-order valence-corrected chi connectivity index (χ2v) is 9.07. The molecule has 0 aliphatic heterocycles. The zero-order valence-corrected chi connectivity index (χ0v) is 17.5. The van der Waals surface area contributed by atoms with E-state index in [1.807, 2.05) is 42.6 Å². The third-order valence-corrected chi connectivity index (χ3v) is 6.07. The van der Waals surface area contributed by atoms with Crippen LogP contribution in [-0.2, 0) is 14.5 Å². The lowest BCUT2D eigenvalue weighted by atomic mass is 10.1. The summed E-state index contributed by atoms with van der Waals surface area (Å²) < 4.78 is 28.6. The van der Waals surface area contributed by atoms with Crippen LogP contribution in [-0.4, -0.2) is 40.6 Å². The fourth-order valence-electron chi connectivity index (χ4n) is 4.11. The highest BCUT2D eigenvalue weighted by atomic mass is 32.2. The first-order valence-corrected chi connectivity index (χ1v) is 11.6. The van der Waals surface area contributed by atoms with Gasteiger partial charge in [-0.2, -0.15) is 18.0 Å². The Kier molecular flexibility index (Phi) is 5.05. The number of nitrogens with two attached hydrogens (primary N) is 1. The summed E-state index contributed by atoms with van der Waals surface area (Å²) in [5, 5.41) is 14.2. The minimum atomic E-state index is -3.90. The summed E-state index contributed by atoms with van der Waals surface area (Å²) in [6.45, 7) is 0.115. The number of rotatable bonds is 6. The van der Waals surface area contributed by atoms with E-state index in [2.05, 4.69) is 21.4 Å². The summed E-state index contributed by atoms with van der Waals surface area (Å²) >= 11 is 0. The highest BCUT2D eigenvalue weighted by molar-refractivity contribution is 7.84. The SMILES string of the molecule is NS(=O)(=O)OCC1CCC(Nc2ccnc3cc(-c4cnc5ccccc5c4)nn23)C1. The van der Waals surface area contributed by atoms with Crippen molar-refractivity contribution in [3.63, 3.8) is 0 Å². The van der Waals surface area contributed by atoms with Gasteiger partial charge in [0.1, 0.15) is 5.82 Å². The largest absolute Gasteiger partial charge is 0.367 e. The number of hydrogen-bond donors (Lipinski definition) is 2. The van der Waals surface area contributed by atoms with Crippen LogP contribution in [0.15, 0.2) is 54.9 Å². The van der Waals surface area contributed by atoms with E-state index in [1.165, 1.54) is 0 Å². The molecule has 3 heterocycles. The number of benzene rings is 1. The van der Waals surface area contributed by atoms with Gasteiger partial charge >= 0.3 is 10.3 Å². The van der Waals surface area contributed by atoms with Crippen LogP contribution in [0.5, 0.6) is 0 Å². The van der Waals surface area contributed by atoms with E-state index >= 15 is 0 Å². The van der Waals surface area contributed by atoms with Crippen LogP contribution in [0.2, 0.25) is 0 Å².